The highest BCUT2D eigenvalue weighted by atomic mass is 16.5. The Balaban J connectivity index is 3.45. The van der Waals surface area contributed by atoms with Gasteiger partial charge < -0.3 is 9.84 Å². The fourth-order valence-corrected chi connectivity index (χ4v) is 0.996. The average molecular weight is 174 g/mol. The maximum absolute atomic E-state index is 10.8. The van der Waals surface area contributed by atoms with Gasteiger partial charge in [-0.15, -0.1) is 0 Å². The minimum Gasteiger partial charge on any atom is -0.469 e. The van der Waals surface area contributed by atoms with Gasteiger partial charge >= 0.3 is 5.97 Å². The van der Waals surface area contributed by atoms with Gasteiger partial charge in [0.25, 0.3) is 0 Å². The number of aliphatic hydroxyl groups is 1. The summed E-state index contributed by atoms with van der Waals surface area (Å²) in [4.78, 5) is 10.8. The summed E-state index contributed by atoms with van der Waals surface area (Å²) in [5.41, 5.74) is 0. The molecule has 1 unspecified atom stereocenters. The lowest BCUT2D eigenvalue weighted by molar-refractivity contribution is -0.141. The largest absolute Gasteiger partial charge is 0.469 e. The zero-order valence-corrected chi connectivity index (χ0v) is 8.04. The second-order valence-corrected chi connectivity index (χ2v) is 3.31. The van der Waals surface area contributed by atoms with E-state index in [-0.39, 0.29) is 12.1 Å². The zero-order chi connectivity index (χ0) is 9.56. The average Bonchev–Trinajstić information content (AvgIpc) is 2.00. The molecule has 72 valence electrons. The quantitative estimate of drug-likeness (QED) is 0.640. The molecule has 2 atom stereocenters. The van der Waals surface area contributed by atoms with Crippen LogP contribution in [0.4, 0.5) is 0 Å². The Morgan fingerprint density at radius 3 is 2.42 bits per heavy atom. The third-order valence-electron chi connectivity index (χ3n) is 1.82. The van der Waals surface area contributed by atoms with Gasteiger partial charge in [0.15, 0.2) is 0 Å². The minimum absolute atomic E-state index is 0.173. The number of esters is 1. The van der Waals surface area contributed by atoms with Crippen LogP contribution < -0.4 is 0 Å². The molecule has 0 aromatic rings. The molecule has 1 N–H and O–H groups in total. The molecule has 0 heterocycles. The second kappa shape index (κ2) is 6.00. The number of hydrogen-bond donors (Lipinski definition) is 1. The van der Waals surface area contributed by atoms with E-state index >= 15 is 0 Å². The van der Waals surface area contributed by atoms with Crippen molar-refractivity contribution in [3.05, 3.63) is 0 Å². The van der Waals surface area contributed by atoms with Crippen LogP contribution in [0.2, 0.25) is 0 Å². The van der Waals surface area contributed by atoms with E-state index in [1.54, 1.807) is 6.92 Å². The van der Waals surface area contributed by atoms with Gasteiger partial charge in [-0.25, -0.2) is 0 Å². The molecular weight excluding hydrogens is 156 g/mol. The van der Waals surface area contributed by atoms with Gasteiger partial charge in [0, 0.05) is 6.42 Å². The van der Waals surface area contributed by atoms with E-state index in [1.165, 1.54) is 7.11 Å². The molecule has 0 spiro atoms. The van der Waals surface area contributed by atoms with Gasteiger partial charge in [0.05, 0.1) is 13.2 Å². The third kappa shape index (κ3) is 6.16. The van der Waals surface area contributed by atoms with Gasteiger partial charge in [-0.1, -0.05) is 6.92 Å². The lowest BCUT2D eigenvalue weighted by atomic mass is 10.0. The number of ether oxygens (including phenoxy) is 1. The van der Waals surface area contributed by atoms with Gasteiger partial charge in [0.1, 0.15) is 0 Å². The SMILES string of the molecule is COC(=O)C[C@H](C)CCC(C)O. The van der Waals surface area contributed by atoms with Crippen molar-refractivity contribution in [2.45, 2.75) is 39.2 Å². The summed E-state index contributed by atoms with van der Waals surface area (Å²) >= 11 is 0. The van der Waals surface area contributed by atoms with Crippen molar-refractivity contribution in [2.75, 3.05) is 7.11 Å². The molecular formula is C9H18O3. The van der Waals surface area contributed by atoms with Crippen molar-refractivity contribution in [3.8, 4) is 0 Å². The van der Waals surface area contributed by atoms with Crippen LogP contribution >= 0.6 is 0 Å². The summed E-state index contributed by atoms with van der Waals surface area (Å²) in [6, 6.07) is 0. The summed E-state index contributed by atoms with van der Waals surface area (Å²) in [6.45, 7) is 3.74. The lowest BCUT2D eigenvalue weighted by Gasteiger charge is -2.10. The normalized spacial score (nSPS) is 15.3. The number of hydrogen-bond acceptors (Lipinski definition) is 3. The fraction of sp³-hybridized carbons (Fsp3) is 0.889. The molecule has 0 aliphatic rings. The third-order valence-corrected chi connectivity index (χ3v) is 1.82. The smallest absolute Gasteiger partial charge is 0.305 e. The highest BCUT2D eigenvalue weighted by molar-refractivity contribution is 5.69. The monoisotopic (exact) mass is 174 g/mol. The molecule has 3 nitrogen and oxygen atoms in total. The molecule has 0 aromatic carbocycles. The predicted octanol–water partition coefficient (Wildman–Crippen LogP) is 1.35. The standard InChI is InChI=1S/C9H18O3/c1-7(4-5-8(2)10)6-9(11)12-3/h7-8,10H,4-6H2,1-3H3/t7-,8?/m1/s1. The van der Waals surface area contributed by atoms with Crippen molar-refractivity contribution in [1.82, 2.24) is 0 Å². The van der Waals surface area contributed by atoms with Crippen LogP contribution in [0.3, 0.4) is 0 Å². The molecule has 3 heteroatoms. The minimum atomic E-state index is -0.273. The van der Waals surface area contributed by atoms with Crippen LogP contribution in [-0.4, -0.2) is 24.3 Å². The zero-order valence-electron chi connectivity index (χ0n) is 8.04. The van der Waals surface area contributed by atoms with Crippen LogP contribution in [0.25, 0.3) is 0 Å². The Bertz CT molecular complexity index is 132. The number of carbonyl (C=O) groups is 1. The van der Waals surface area contributed by atoms with Crippen molar-refractivity contribution in [3.63, 3.8) is 0 Å². The lowest BCUT2D eigenvalue weighted by Crippen LogP contribution is -2.09. The van der Waals surface area contributed by atoms with Gasteiger partial charge in [-0.2, -0.15) is 0 Å². The number of aliphatic hydroxyl groups excluding tert-OH is 1. The van der Waals surface area contributed by atoms with Crippen molar-refractivity contribution < 1.29 is 14.6 Å². The summed E-state index contributed by atoms with van der Waals surface area (Å²) in [5, 5.41) is 8.98. The molecule has 0 aliphatic carbocycles. The van der Waals surface area contributed by atoms with Crippen LogP contribution in [0, 0.1) is 5.92 Å². The first-order valence-corrected chi connectivity index (χ1v) is 4.31. The van der Waals surface area contributed by atoms with E-state index in [9.17, 15) is 4.79 Å². The van der Waals surface area contributed by atoms with E-state index in [2.05, 4.69) is 4.74 Å². The Kier molecular flexibility index (Phi) is 5.72. The first-order valence-electron chi connectivity index (χ1n) is 4.31. The molecule has 0 radical (unpaired) electrons. The first-order chi connectivity index (χ1) is 5.56. The summed E-state index contributed by atoms with van der Waals surface area (Å²) in [6.07, 6.45) is 1.79. The van der Waals surface area contributed by atoms with E-state index in [1.807, 2.05) is 6.92 Å². The summed E-state index contributed by atoms with van der Waals surface area (Å²) < 4.78 is 4.53. The van der Waals surface area contributed by atoms with E-state index in [4.69, 9.17) is 5.11 Å². The van der Waals surface area contributed by atoms with E-state index in [0.717, 1.165) is 12.8 Å². The predicted molar refractivity (Wildman–Crippen MR) is 46.7 cm³/mol. The van der Waals surface area contributed by atoms with Crippen LogP contribution in [0.15, 0.2) is 0 Å². The molecule has 0 saturated heterocycles. The molecule has 0 saturated carbocycles. The maximum atomic E-state index is 10.8. The number of methoxy groups -OCH3 is 1. The highest BCUT2D eigenvalue weighted by Crippen LogP contribution is 2.12. The highest BCUT2D eigenvalue weighted by Gasteiger charge is 2.09. The van der Waals surface area contributed by atoms with E-state index < -0.39 is 0 Å². The van der Waals surface area contributed by atoms with Crippen LogP contribution in [-0.2, 0) is 9.53 Å². The first kappa shape index (κ1) is 11.4. The van der Waals surface area contributed by atoms with Crippen LogP contribution in [0.5, 0.6) is 0 Å². The Morgan fingerprint density at radius 1 is 1.42 bits per heavy atom. The molecule has 0 fully saturated rings. The molecule has 12 heavy (non-hydrogen) atoms. The Labute approximate surface area is 73.7 Å². The molecule has 0 aliphatic heterocycles. The fourth-order valence-electron chi connectivity index (χ4n) is 0.996. The van der Waals surface area contributed by atoms with Crippen LogP contribution in [0.1, 0.15) is 33.1 Å². The summed E-state index contributed by atoms with van der Waals surface area (Å²) in [7, 11) is 1.39. The van der Waals surface area contributed by atoms with Crippen molar-refractivity contribution in [1.29, 1.82) is 0 Å². The molecule has 0 rings (SSSR count). The topological polar surface area (TPSA) is 46.5 Å². The molecule has 0 amide bonds. The van der Waals surface area contributed by atoms with Crippen molar-refractivity contribution in [2.24, 2.45) is 5.92 Å². The molecule has 0 aromatic heterocycles. The second-order valence-electron chi connectivity index (χ2n) is 3.31. The van der Waals surface area contributed by atoms with Gasteiger partial charge in [-0.05, 0) is 25.7 Å². The van der Waals surface area contributed by atoms with Gasteiger partial charge in [-0.3, -0.25) is 4.79 Å². The summed E-state index contributed by atoms with van der Waals surface area (Å²) in [5.74, 6) is 0.125. The Hall–Kier alpha value is -0.570. The van der Waals surface area contributed by atoms with Crippen molar-refractivity contribution >= 4 is 5.97 Å². The number of carbonyl (C=O) groups excluding carboxylic acids is 1. The Morgan fingerprint density at radius 2 is 2.00 bits per heavy atom. The number of rotatable bonds is 5. The maximum Gasteiger partial charge on any atom is 0.305 e. The van der Waals surface area contributed by atoms with E-state index in [0.29, 0.717) is 12.3 Å². The van der Waals surface area contributed by atoms with Gasteiger partial charge in [0.2, 0.25) is 0 Å². The molecule has 0 bridgehead atoms.